The number of ether oxygens (including phenoxy) is 1. The highest BCUT2D eigenvalue weighted by molar-refractivity contribution is 5.97. The maximum Gasteiger partial charge on any atom is 0.257 e. The van der Waals surface area contributed by atoms with Gasteiger partial charge in [-0.1, -0.05) is 24.3 Å². The number of hydrogen-bond acceptors (Lipinski definition) is 6. The second-order valence-electron chi connectivity index (χ2n) is 8.89. The van der Waals surface area contributed by atoms with Crippen LogP contribution in [-0.2, 0) is 19.4 Å². The highest BCUT2D eigenvalue weighted by Gasteiger charge is 2.29. The molecule has 5 rings (SSSR count). The normalized spacial score (nSPS) is 16.9. The molecule has 0 spiro atoms. The molecule has 34 heavy (non-hydrogen) atoms. The van der Waals surface area contributed by atoms with Crippen LogP contribution in [0.3, 0.4) is 0 Å². The minimum Gasteiger partial charge on any atom is -0.488 e. The van der Waals surface area contributed by atoms with Gasteiger partial charge in [-0.2, -0.15) is 10.2 Å². The Balaban J connectivity index is 1.28. The van der Waals surface area contributed by atoms with Crippen molar-refractivity contribution in [2.45, 2.75) is 25.5 Å². The minimum absolute atomic E-state index is 0.0220. The Hall–Kier alpha value is -3.36. The van der Waals surface area contributed by atoms with Crippen LogP contribution in [0.25, 0.3) is 0 Å². The first-order valence-electron chi connectivity index (χ1n) is 11.5. The second kappa shape index (κ2) is 9.87. The van der Waals surface area contributed by atoms with Gasteiger partial charge in [-0.15, -0.1) is 0 Å². The fourth-order valence-corrected chi connectivity index (χ4v) is 4.74. The van der Waals surface area contributed by atoms with Crippen molar-refractivity contribution in [1.82, 2.24) is 20.0 Å². The molecule has 2 aromatic carbocycles. The van der Waals surface area contributed by atoms with E-state index in [-0.39, 0.29) is 36.9 Å². The topological polar surface area (TPSA) is 78.8 Å². The van der Waals surface area contributed by atoms with E-state index in [1.165, 1.54) is 17.2 Å². The summed E-state index contributed by atoms with van der Waals surface area (Å²) >= 11 is 0. The summed E-state index contributed by atoms with van der Waals surface area (Å²) in [5.41, 5.74) is 4.34. The lowest BCUT2D eigenvalue weighted by Crippen LogP contribution is -2.44. The van der Waals surface area contributed by atoms with E-state index in [4.69, 9.17) is 4.74 Å². The molecule has 7 nitrogen and oxygen atoms in total. The number of benzene rings is 2. The Bertz CT molecular complexity index is 1170. The lowest BCUT2D eigenvalue weighted by atomic mass is 9.99. The van der Waals surface area contributed by atoms with Gasteiger partial charge >= 0.3 is 0 Å². The summed E-state index contributed by atoms with van der Waals surface area (Å²) in [5.74, 6) is -0.910. The van der Waals surface area contributed by atoms with E-state index < -0.39 is 11.9 Å². The summed E-state index contributed by atoms with van der Waals surface area (Å²) in [6, 6.07) is 13.2. The SMILES string of the molecule is O=C1c2cc(Cc3ccnnc3)cc(F)c2OCCN1CC(O)CN1CCc2ccccc2C1. The van der Waals surface area contributed by atoms with Crippen LogP contribution >= 0.6 is 0 Å². The van der Waals surface area contributed by atoms with Crippen molar-refractivity contribution in [3.8, 4) is 5.75 Å². The fraction of sp³-hybridized carbons (Fsp3) is 0.346. The van der Waals surface area contributed by atoms with E-state index in [9.17, 15) is 14.3 Å². The highest BCUT2D eigenvalue weighted by atomic mass is 19.1. The number of rotatable bonds is 6. The average molecular weight is 463 g/mol. The van der Waals surface area contributed by atoms with E-state index in [2.05, 4.69) is 33.3 Å². The van der Waals surface area contributed by atoms with Gasteiger partial charge in [0.15, 0.2) is 11.6 Å². The quantitative estimate of drug-likeness (QED) is 0.606. The van der Waals surface area contributed by atoms with Crippen LogP contribution in [0.4, 0.5) is 4.39 Å². The molecule has 0 bridgehead atoms. The van der Waals surface area contributed by atoms with Crippen LogP contribution in [0, 0.1) is 5.82 Å². The number of aliphatic hydroxyl groups excluding tert-OH is 1. The average Bonchev–Trinajstić information content (AvgIpc) is 2.99. The predicted octanol–water partition coefficient (Wildman–Crippen LogP) is 2.46. The van der Waals surface area contributed by atoms with E-state index >= 15 is 0 Å². The van der Waals surface area contributed by atoms with Crippen LogP contribution in [0.5, 0.6) is 5.75 Å². The Morgan fingerprint density at radius 3 is 2.74 bits per heavy atom. The van der Waals surface area contributed by atoms with E-state index in [1.807, 2.05) is 6.07 Å². The molecule has 0 radical (unpaired) electrons. The van der Waals surface area contributed by atoms with E-state index in [1.54, 1.807) is 29.4 Å². The Morgan fingerprint density at radius 1 is 1.06 bits per heavy atom. The maximum absolute atomic E-state index is 14.8. The summed E-state index contributed by atoms with van der Waals surface area (Å²) in [7, 11) is 0. The zero-order valence-corrected chi connectivity index (χ0v) is 18.9. The van der Waals surface area contributed by atoms with Gasteiger partial charge in [0.25, 0.3) is 5.91 Å². The number of aromatic nitrogens is 2. The number of β-amino-alcohol motifs (C(OH)–C–C–N with tert-alkyl or cyclic N) is 1. The van der Waals surface area contributed by atoms with Gasteiger partial charge in [-0.05, 0) is 53.3 Å². The van der Waals surface area contributed by atoms with Crippen molar-refractivity contribution in [2.75, 3.05) is 32.8 Å². The van der Waals surface area contributed by atoms with Gasteiger partial charge in [-0.3, -0.25) is 9.69 Å². The minimum atomic E-state index is -0.716. The number of amides is 1. The number of nitrogens with zero attached hydrogens (tertiary/aromatic N) is 4. The molecule has 0 saturated carbocycles. The number of aliphatic hydroxyl groups is 1. The summed E-state index contributed by atoms with van der Waals surface area (Å²) < 4.78 is 20.4. The number of carbonyl (C=O) groups is 1. The predicted molar refractivity (Wildman–Crippen MR) is 124 cm³/mol. The van der Waals surface area contributed by atoms with Gasteiger partial charge in [0.05, 0.1) is 24.4 Å². The summed E-state index contributed by atoms with van der Waals surface area (Å²) in [5, 5.41) is 18.4. The smallest absolute Gasteiger partial charge is 0.257 e. The van der Waals surface area contributed by atoms with Crippen LogP contribution in [0.15, 0.2) is 54.9 Å². The first kappa shape index (κ1) is 22.4. The van der Waals surface area contributed by atoms with Gasteiger partial charge in [0.2, 0.25) is 0 Å². The number of halogens is 1. The molecule has 1 unspecified atom stereocenters. The molecular weight excluding hydrogens is 435 g/mol. The van der Waals surface area contributed by atoms with Gasteiger partial charge < -0.3 is 14.7 Å². The fourth-order valence-electron chi connectivity index (χ4n) is 4.74. The maximum atomic E-state index is 14.8. The van der Waals surface area contributed by atoms with Crippen molar-refractivity contribution >= 4 is 5.91 Å². The van der Waals surface area contributed by atoms with E-state index in [0.717, 1.165) is 25.1 Å². The molecule has 8 heteroatoms. The largest absolute Gasteiger partial charge is 0.488 e. The van der Waals surface area contributed by atoms with Crippen LogP contribution in [-0.4, -0.2) is 69.9 Å². The second-order valence-corrected chi connectivity index (χ2v) is 8.89. The molecule has 3 aromatic rings. The van der Waals surface area contributed by atoms with Gasteiger partial charge in [0.1, 0.15) is 6.61 Å². The van der Waals surface area contributed by atoms with Gasteiger partial charge in [0, 0.05) is 32.4 Å². The molecule has 1 aromatic heterocycles. The summed E-state index contributed by atoms with van der Waals surface area (Å²) in [6.45, 7) is 2.75. The standard InChI is InChI=1S/C26H27FN4O3/c27-24-13-19(11-18-5-7-28-29-14-18)12-23-25(24)34-10-9-31(26(23)33)17-22(32)16-30-8-6-20-3-1-2-4-21(20)15-30/h1-5,7,12-14,22,32H,6,8-11,15-17H2. The third-order valence-corrected chi connectivity index (χ3v) is 6.39. The number of hydrogen-bond donors (Lipinski definition) is 1. The Labute approximate surface area is 197 Å². The van der Waals surface area contributed by atoms with Crippen molar-refractivity contribution < 1.29 is 19.0 Å². The van der Waals surface area contributed by atoms with Crippen molar-refractivity contribution in [3.63, 3.8) is 0 Å². The van der Waals surface area contributed by atoms with Crippen molar-refractivity contribution in [2.24, 2.45) is 0 Å². The molecule has 0 saturated heterocycles. The lowest BCUT2D eigenvalue weighted by molar-refractivity contribution is 0.0501. The van der Waals surface area contributed by atoms with Crippen LogP contribution in [0.2, 0.25) is 0 Å². The molecule has 0 fully saturated rings. The molecule has 2 aliphatic heterocycles. The number of carbonyl (C=O) groups excluding carboxylic acids is 1. The molecule has 2 aliphatic rings. The van der Waals surface area contributed by atoms with Crippen molar-refractivity contribution in [3.05, 3.63) is 88.5 Å². The Morgan fingerprint density at radius 2 is 1.91 bits per heavy atom. The molecular formula is C26H27FN4O3. The monoisotopic (exact) mass is 462 g/mol. The summed E-state index contributed by atoms with van der Waals surface area (Å²) in [6.07, 6.45) is 3.84. The molecule has 0 aliphatic carbocycles. The van der Waals surface area contributed by atoms with E-state index in [0.29, 0.717) is 18.5 Å². The van der Waals surface area contributed by atoms with Crippen LogP contribution < -0.4 is 4.74 Å². The van der Waals surface area contributed by atoms with Crippen molar-refractivity contribution in [1.29, 1.82) is 0 Å². The molecule has 176 valence electrons. The zero-order valence-electron chi connectivity index (χ0n) is 18.9. The molecule has 1 N–H and O–H groups in total. The highest BCUT2D eigenvalue weighted by Crippen LogP contribution is 2.29. The molecule has 3 heterocycles. The Kier molecular flexibility index (Phi) is 6.51. The lowest BCUT2D eigenvalue weighted by Gasteiger charge is -2.32. The summed E-state index contributed by atoms with van der Waals surface area (Å²) in [4.78, 5) is 17.1. The molecule has 1 atom stereocenters. The van der Waals surface area contributed by atoms with Crippen LogP contribution in [0.1, 0.15) is 32.6 Å². The van der Waals surface area contributed by atoms with Gasteiger partial charge in [-0.25, -0.2) is 4.39 Å². The molecule has 1 amide bonds. The first-order chi connectivity index (χ1) is 16.6. The third-order valence-electron chi connectivity index (χ3n) is 6.39. The zero-order chi connectivity index (χ0) is 23.5. The first-order valence-corrected chi connectivity index (χ1v) is 11.5. The number of fused-ring (bicyclic) bond motifs is 2. The third kappa shape index (κ3) is 4.93.